The molecule has 0 saturated carbocycles. The predicted octanol–water partition coefficient (Wildman–Crippen LogP) is 4.42. The Morgan fingerprint density at radius 3 is 2.79 bits per heavy atom. The number of hydrogen-bond acceptors (Lipinski definition) is 4. The number of hydrogen-bond donors (Lipinski definition) is 1. The molecule has 2 aromatic rings. The van der Waals surface area contributed by atoms with Crippen molar-refractivity contribution >= 4 is 32.4 Å². The molecule has 0 bridgehead atoms. The zero-order valence-electron chi connectivity index (χ0n) is 11.4. The minimum Gasteiger partial charge on any atom is -0.356 e. The first kappa shape index (κ1) is 14.5. The van der Waals surface area contributed by atoms with Crippen molar-refractivity contribution in [3.63, 3.8) is 0 Å². The van der Waals surface area contributed by atoms with Crippen molar-refractivity contribution in [2.75, 3.05) is 5.32 Å². The van der Waals surface area contributed by atoms with E-state index in [1.54, 1.807) is 11.3 Å². The van der Waals surface area contributed by atoms with E-state index in [0.717, 1.165) is 27.6 Å². The summed E-state index contributed by atoms with van der Waals surface area (Å²) in [4.78, 5) is 0. The Kier molecular flexibility index (Phi) is 4.93. The molecule has 3 nitrogen and oxygen atoms in total. The minimum atomic E-state index is 0.618. The molecule has 0 amide bonds. The summed E-state index contributed by atoms with van der Waals surface area (Å²) in [7, 11) is 0. The smallest absolute Gasteiger partial charge is 0.205 e. The first-order valence-electron chi connectivity index (χ1n) is 6.36. The van der Waals surface area contributed by atoms with Gasteiger partial charge < -0.3 is 5.32 Å². The van der Waals surface area contributed by atoms with Gasteiger partial charge in [0, 0.05) is 17.4 Å². The highest BCUT2D eigenvalue weighted by molar-refractivity contribution is 9.10. The van der Waals surface area contributed by atoms with Crippen LogP contribution in [0.4, 0.5) is 5.13 Å². The van der Waals surface area contributed by atoms with Crippen LogP contribution in [0.25, 0.3) is 0 Å². The summed E-state index contributed by atoms with van der Waals surface area (Å²) in [6, 6.07) is 6.37. The normalized spacial score (nSPS) is 11.0. The third-order valence-electron chi connectivity index (χ3n) is 2.69. The number of aryl methyl sites for hydroxylation is 1. The van der Waals surface area contributed by atoms with Gasteiger partial charge in [-0.1, -0.05) is 53.2 Å². The van der Waals surface area contributed by atoms with Gasteiger partial charge in [-0.05, 0) is 30.0 Å². The molecule has 0 saturated heterocycles. The van der Waals surface area contributed by atoms with Gasteiger partial charge in [0.1, 0.15) is 5.01 Å². The zero-order valence-corrected chi connectivity index (χ0v) is 13.8. The molecule has 1 N–H and O–H groups in total. The van der Waals surface area contributed by atoms with Crippen LogP contribution in [0.15, 0.2) is 22.7 Å². The lowest BCUT2D eigenvalue weighted by atomic mass is 10.1. The van der Waals surface area contributed by atoms with Crippen LogP contribution in [0.3, 0.4) is 0 Å². The topological polar surface area (TPSA) is 37.8 Å². The molecule has 0 atom stereocenters. The molecule has 1 aromatic heterocycles. The number of rotatable bonds is 5. The molecule has 0 aliphatic heterocycles. The fraction of sp³-hybridized carbons (Fsp3) is 0.429. The molecule has 102 valence electrons. The molecule has 0 aliphatic rings. The molecule has 5 heteroatoms. The Balaban J connectivity index is 1.96. The van der Waals surface area contributed by atoms with Gasteiger partial charge in [0.2, 0.25) is 5.13 Å². The Labute approximate surface area is 126 Å². The second-order valence-corrected chi connectivity index (χ2v) is 6.96. The number of nitrogens with zero attached hydrogens (tertiary/aromatic N) is 2. The lowest BCUT2D eigenvalue weighted by Crippen LogP contribution is -1.99. The van der Waals surface area contributed by atoms with Gasteiger partial charge in [-0.2, -0.15) is 0 Å². The predicted molar refractivity (Wildman–Crippen MR) is 84.7 cm³/mol. The Morgan fingerprint density at radius 2 is 2.11 bits per heavy atom. The van der Waals surface area contributed by atoms with Crippen molar-refractivity contribution in [1.82, 2.24) is 10.2 Å². The summed E-state index contributed by atoms with van der Waals surface area (Å²) in [6.45, 7) is 7.23. The van der Waals surface area contributed by atoms with Gasteiger partial charge in [0.05, 0.1) is 0 Å². The molecule has 2 rings (SSSR count). The van der Waals surface area contributed by atoms with Crippen LogP contribution >= 0.6 is 27.3 Å². The summed E-state index contributed by atoms with van der Waals surface area (Å²) in [5, 5.41) is 13.7. The molecular weight excluding hydrogens is 322 g/mol. The van der Waals surface area contributed by atoms with Crippen LogP contribution in [-0.4, -0.2) is 10.2 Å². The van der Waals surface area contributed by atoms with Crippen molar-refractivity contribution in [3.05, 3.63) is 38.8 Å². The Morgan fingerprint density at radius 1 is 1.32 bits per heavy atom. The third-order valence-corrected chi connectivity index (χ3v) is 4.33. The van der Waals surface area contributed by atoms with Crippen LogP contribution in [0.5, 0.6) is 0 Å². The van der Waals surface area contributed by atoms with Crippen LogP contribution < -0.4 is 5.32 Å². The summed E-state index contributed by atoms with van der Waals surface area (Å²) >= 11 is 5.23. The van der Waals surface area contributed by atoms with Crippen molar-refractivity contribution in [1.29, 1.82) is 0 Å². The molecule has 0 unspecified atom stereocenters. The van der Waals surface area contributed by atoms with Gasteiger partial charge in [-0.3, -0.25) is 0 Å². The van der Waals surface area contributed by atoms with Gasteiger partial charge in [-0.25, -0.2) is 0 Å². The highest BCUT2D eigenvalue weighted by Gasteiger charge is 2.06. The lowest BCUT2D eigenvalue weighted by Gasteiger charge is -2.06. The van der Waals surface area contributed by atoms with Crippen LogP contribution in [0.1, 0.15) is 30.0 Å². The van der Waals surface area contributed by atoms with Crippen LogP contribution in [-0.2, 0) is 13.0 Å². The first-order chi connectivity index (χ1) is 9.04. The van der Waals surface area contributed by atoms with E-state index in [1.807, 2.05) is 0 Å². The average Bonchev–Trinajstić information content (AvgIpc) is 2.74. The summed E-state index contributed by atoms with van der Waals surface area (Å²) in [6.07, 6.45) is 0.994. The Bertz CT molecular complexity index is 551. The quantitative estimate of drug-likeness (QED) is 0.876. The Hall–Kier alpha value is -0.940. The van der Waals surface area contributed by atoms with E-state index in [1.165, 1.54) is 11.1 Å². The number of aromatic nitrogens is 2. The third kappa shape index (κ3) is 4.28. The van der Waals surface area contributed by atoms with E-state index in [4.69, 9.17) is 0 Å². The van der Waals surface area contributed by atoms with E-state index in [-0.39, 0.29) is 0 Å². The molecule has 0 fully saturated rings. The summed E-state index contributed by atoms with van der Waals surface area (Å²) in [5.41, 5.74) is 2.48. The minimum absolute atomic E-state index is 0.618. The molecule has 0 radical (unpaired) electrons. The summed E-state index contributed by atoms with van der Waals surface area (Å²) < 4.78 is 1.13. The average molecular weight is 340 g/mol. The first-order valence-corrected chi connectivity index (χ1v) is 7.97. The van der Waals surface area contributed by atoms with Crippen molar-refractivity contribution in [3.8, 4) is 0 Å². The van der Waals surface area contributed by atoms with Gasteiger partial charge in [-0.15, -0.1) is 10.2 Å². The van der Waals surface area contributed by atoms with Gasteiger partial charge in [0.15, 0.2) is 0 Å². The van der Waals surface area contributed by atoms with Crippen LogP contribution in [0, 0.1) is 12.8 Å². The maximum absolute atomic E-state index is 4.20. The van der Waals surface area contributed by atoms with Crippen LogP contribution in [0.2, 0.25) is 0 Å². The van der Waals surface area contributed by atoms with E-state index < -0.39 is 0 Å². The molecule has 0 spiro atoms. The van der Waals surface area contributed by atoms with E-state index in [2.05, 4.69) is 70.4 Å². The maximum atomic E-state index is 4.20. The molecular formula is C14H18BrN3S. The number of nitrogens with one attached hydrogen (secondary N) is 1. The standard InChI is InChI=1S/C14H18BrN3S/c1-9(2)6-13-17-18-14(19-13)16-8-11-5-4-10(3)7-12(11)15/h4-5,7,9H,6,8H2,1-3H3,(H,16,18). The monoisotopic (exact) mass is 339 g/mol. The van der Waals surface area contributed by atoms with E-state index in [0.29, 0.717) is 5.92 Å². The van der Waals surface area contributed by atoms with Crippen molar-refractivity contribution in [2.45, 2.75) is 33.7 Å². The van der Waals surface area contributed by atoms with Crippen molar-refractivity contribution in [2.24, 2.45) is 5.92 Å². The van der Waals surface area contributed by atoms with Gasteiger partial charge >= 0.3 is 0 Å². The largest absolute Gasteiger partial charge is 0.356 e. The molecule has 1 heterocycles. The molecule has 0 aliphatic carbocycles. The number of benzene rings is 1. The highest BCUT2D eigenvalue weighted by Crippen LogP contribution is 2.22. The van der Waals surface area contributed by atoms with E-state index in [9.17, 15) is 0 Å². The molecule has 19 heavy (non-hydrogen) atoms. The van der Waals surface area contributed by atoms with Gasteiger partial charge in [0.25, 0.3) is 0 Å². The van der Waals surface area contributed by atoms with E-state index >= 15 is 0 Å². The second kappa shape index (κ2) is 6.48. The zero-order chi connectivity index (χ0) is 13.8. The number of anilines is 1. The molecule has 1 aromatic carbocycles. The second-order valence-electron chi connectivity index (χ2n) is 5.05. The fourth-order valence-electron chi connectivity index (χ4n) is 1.72. The highest BCUT2D eigenvalue weighted by atomic mass is 79.9. The number of halogens is 1. The summed E-state index contributed by atoms with van der Waals surface area (Å²) in [5.74, 6) is 0.618. The van der Waals surface area contributed by atoms with Crippen molar-refractivity contribution < 1.29 is 0 Å². The lowest BCUT2D eigenvalue weighted by molar-refractivity contribution is 0.640. The fourth-order valence-corrected chi connectivity index (χ4v) is 3.30. The maximum Gasteiger partial charge on any atom is 0.205 e. The SMILES string of the molecule is Cc1ccc(CNc2nnc(CC(C)C)s2)c(Br)c1.